The van der Waals surface area contributed by atoms with Gasteiger partial charge in [0.05, 0.1) is 31.1 Å². The molecule has 0 saturated heterocycles. The number of ether oxygens (including phenoxy) is 2. The first-order valence-corrected chi connectivity index (χ1v) is 12.6. The Morgan fingerprint density at radius 2 is 1.69 bits per heavy atom. The summed E-state index contributed by atoms with van der Waals surface area (Å²) in [7, 11) is 1.48. The number of halogens is 3. The third-order valence-corrected chi connectivity index (χ3v) is 7.04. The number of Topliss-reactive ketones (excluding diaryl/α,β-unsaturated/α-hetero) is 1. The molecule has 0 aromatic heterocycles. The zero-order valence-corrected chi connectivity index (χ0v) is 21.4. The second-order valence-corrected chi connectivity index (χ2v) is 9.38. The molecule has 0 unspecified atom stereocenters. The van der Waals surface area contributed by atoms with Gasteiger partial charge in [-0.15, -0.1) is 0 Å². The molecule has 1 amide bonds. The Balaban J connectivity index is 1.71. The van der Waals surface area contributed by atoms with E-state index in [2.05, 4.69) is 5.32 Å². The number of ketones is 1. The minimum absolute atomic E-state index is 0.0362. The zero-order chi connectivity index (χ0) is 27.7. The van der Waals surface area contributed by atoms with Crippen LogP contribution in [0.5, 0.6) is 11.5 Å². The first-order valence-electron chi connectivity index (χ1n) is 12.6. The Morgan fingerprint density at radius 1 is 1.00 bits per heavy atom. The number of nitrogens with one attached hydrogen (secondary N) is 1. The molecule has 5 rings (SSSR count). The van der Waals surface area contributed by atoms with Crippen LogP contribution in [0, 0.1) is 0 Å². The van der Waals surface area contributed by atoms with Crippen molar-refractivity contribution in [2.45, 2.75) is 37.9 Å². The molecule has 3 aromatic rings. The molecule has 39 heavy (non-hydrogen) atoms. The van der Waals surface area contributed by atoms with Gasteiger partial charge in [-0.25, -0.2) is 0 Å². The average Bonchev–Trinajstić information content (AvgIpc) is 3.07. The summed E-state index contributed by atoms with van der Waals surface area (Å²) in [6.45, 7) is 2.32. The van der Waals surface area contributed by atoms with Gasteiger partial charge in [0, 0.05) is 23.6 Å². The van der Waals surface area contributed by atoms with E-state index < -0.39 is 18.1 Å². The van der Waals surface area contributed by atoms with Crippen LogP contribution in [0.1, 0.15) is 42.9 Å². The van der Waals surface area contributed by atoms with Crippen LogP contribution in [-0.4, -0.2) is 31.6 Å². The molecule has 1 N–H and O–H groups in total. The maximum Gasteiger partial charge on any atom is 0.471 e. The molecule has 1 aliphatic carbocycles. The zero-order valence-electron chi connectivity index (χ0n) is 21.4. The van der Waals surface area contributed by atoms with Gasteiger partial charge in [-0.05, 0) is 54.8 Å². The molecule has 0 fully saturated rings. The highest BCUT2D eigenvalue weighted by Gasteiger charge is 2.50. The highest BCUT2D eigenvalue weighted by molar-refractivity contribution is 6.07. The van der Waals surface area contributed by atoms with Crippen LogP contribution in [0.4, 0.5) is 24.5 Å². The number of para-hydroxylation sites is 3. The van der Waals surface area contributed by atoms with E-state index in [9.17, 15) is 22.8 Å². The number of hydrogen-bond donors (Lipinski definition) is 1. The number of amides is 1. The standard InChI is InChI=1S/C30H27F3N2O4/c1-3-39-26-11-7-4-8-21(26)19-16-23-27(25(36)17-19)28(18-12-14-20(38-2)15-13-18)35(29(37)30(31,32)33)24-10-6-5-9-22(24)34-23/h4-15,19,28,34H,3,16-17H2,1-2H3/t19-,28+/m1/s1. The lowest BCUT2D eigenvalue weighted by molar-refractivity contribution is -0.170. The Hall–Kier alpha value is -4.27. The van der Waals surface area contributed by atoms with Gasteiger partial charge < -0.3 is 14.8 Å². The van der Waals surface area contributed by atoms with Crippen molar-refractivity contribution in [2.24, 2.45) is 0 Å². The fourth-order valence-electron chi connectivity index (χ4n) is 5.38. The molecular formula is C30H27F3N2O4. The van der Waals surface area contributed by atoms with Gasteiger partial charge in [-0.2, -0.15) is 13.2 Å². The minimum Gasteiger partial charge on any atom is -0.497 e. The Kier molecular flexibility index (Phi) is 7.08. The molecule has 2 aliphatic rings. The predicted molar refractivity (Wildman–Crippen MR) is 141 cm³/mol. The van der Waals surface area contributed by atoms with Crippen molar-refractivity contribution in [3.05, 3.63) is 95.2 Å². The monoisotopic (exact) mass is 536 g/mol. The summed E-state index contributed by atoms with van der Waals surface area (Å²) in [6, 6.07) is 18.8. The van der Waals surface area contributed by atoms with Crippen molar-refractivity contribution in [1.29, 1.82) is 0 Å². The van der Waals surface area contributed by atoms with Gasteiger partial charge in [0.1, 0.15) is 11.5 Å². The molecule has 0 bridgehead atoms. The molecule has 0 spiro atoms. The molecular weight excluding hydrogens is 509 g/mol. The summed E-state index contributed by atoms with van der Waals surface area (Å²) in [4.78, 5) is 27.6. The Bertz CT molecular complexity index is 1430. The van der Waals surface area contributed by atoms with E-state index in [-0.39, 0.29) is 29.4 Å². The number of nitrogens with zero attached hydrogens (tertiary/aromatic N) is 1. The Morgan fingerprint density at radius 3 is 2.38 bits per heavy atom. The molecule has 0 radical (unpaired) electrons. The van der Waals surface area contributed by atoms with E-state index in [4.69, 9.17) is 9.47 Å². The van der Waals surface area contributed by atoms with E-state index in [1.54, 1.807) is 42.5 Å². The maximum atomic E-state index is 14.0. The molecule has 2 atom stereocenters. The first-order chi connectivity index (χ1) is 18.7. The van der Waals surface area contributed by atoms with Crippen molar-refractivity contribution in [2.75, 3.05) is 23.9 Å². The summed E-state index contributed by atoms with van der Waals surface area (Å²) in [6.07, 6.45) is -4.76. The highest BCUT2D eigenvalue weighted by Crippen LogP contribution is 2.49. The SMILES string of the molecule is CCOc1ccccc1[C@H]1CC(=O)C2=C(C1)Nc1ccccc1N(C(=O)C(F)(F)F)[C@H]2c1ccc(OC)cc1. The topological polar surface area (TPSA) is 67.9 Å². The van der Waals surface area contributed by atoms with Crippen molar-refractivity contribution in [3.63, 3.8) is 0 Å². The second kappa shape index (κ2) is 10.5. The van der Waals surface area contributed by atoms with E-state index in [1.807, 2.05) is 31.2 Å². The summed E-state index contributed by atoms with van der Waals surface area (Å²) in [5, 5.41) is 3.23. The maximum absolute atomic E-state index is 14.0. The van der Waals surface area contributed by atoms with Gasteiger partial charge in [0.15, 0.2) is 5.78 Å². The van der Waals surface area contributed by atoms with Crippen molar-refractivity contribution < 1.29 is 32.2 Å². The second-order valence-electron chi connectivity index (χ2n) is 9.38. The number of carbonyl (C=O) groups excluding carboxylic acids is 2. The highest BCUT2D eigenvalue weighted by atomic mass is 19.4. The summed E-state index contributed by atoms with van der Waals surface area (Å²) < 4.78 is 53.2. The number of hydrogen-bond acceptors (Lipinski definition) is 5. The summed E-state index contributed by atoms with van der Waals surface area (Å²) in [5.41, 5.74) is 2.18. The minimum atomic E-state index is -5.17. The van der Waals surface area contributed by atoms with Gasteiger partial charge >= 0.3 is 12.1 Å². The van der Waals surface area contributed by atoms with Crippen LogP contribution < -0.4 is 19.7 Å². The van der Waals surface area contributed by atoms with Gasteiger partial charge in [-0.3, -0.25) is 14.5 Å². The van der Waals surface area contributed by atoms with Crippen molar-refractivity contribution in [3.8, 4) is 11.5 Å². The lowest BCUT2D eigenvalue weighted by Crippen LogP contribution is -2.45. The van der Waals surface area contributed by atoms with E-state index in [0.29, 0.717) is 46.4 Å². The number of alkyl halides is 3. The number of carbonyl (C=O) groups is 2. The van der Waals surface area contributed by atoms with Crippen LogP contribution in [0.3, 0.4) is 0 Å². The van der Waals surface area contributed by atoms with Gasteiger partial charge in [-0.1, -0.05) is 42.5 Å². The fourth-order valence-corrected chi connectivity index (χ4v) is 5.38. The fraction of sp³-hybridized carbons (Fsp3) is 0.267. The third kappa shape index (κ3) is 4.96. The molecule has 6 nitrogen and oxygen atoms in total. The molecule has 202 valence electrons. The third-order valence-electron chi connectivity index (χ3n) is 7.04. The molecule has 3 aromatic carbocycles. The smallest absolute Gasteiger partial charge is 0.471 e. The first kappa shape index (κ1) is 26.3. The predicted octanol–water partition coefficient (Wildman–Crippen LogP) is 6.56. The number of methoxy groups -OCH3 is 1. The number of allylic oxidation sites excluding steroid dienone is 1. The lowest BCUT2D eigenvalue weighted by Gasteiger charge is -2.35. The van der Waals surface area contributed by atoms with E-state index in [1.165, 1.54) is 13.2 Å². The quantitative estimate of drug-likeness (QED) is 0.400. The molecule has 9 heteroatoms. The normalized spacial score (nSPS) is 19.0. The number of anilines is 2. The van der Waals surface area contributed by atoms with Crippen LogP contribution >= 0.6 is 0 Å². The summed E-state index contributed by atoms with van der Waals surface area (Å²) in [5.74, 6) is -1.50. The number of fused-ring (bicyclic) bond motifs is 1. The molecule has 1 aliphatic heterocycles. The van der Waals surface area contributed by atoms with Crippen LogP contribution in [0.15, 0.2) is 84.1 Å². The molecule has 1 heterocycles. The lowest BCUT2D eigenvalue weighted by atomic mass is 9.78. The largest absolute Gasteiger partial charge is 0.497 e. The number of rotatable bonds is 5. The summed E-state index contributed by atoms with van der Waals surface area (Å²) >= 11 is 0. The van der Waals surface area contributed by atoms with Crippen molar-refractivity contribution in [1.82, 2.24) is 0 Å². The van der Waals surface area contributed by atoms with Crippen molar-refractivity contribution >= 4 is 23.1 Å². The Labute approximate surface area is 224 Å². The van der Waals surface area contributed by atoms with E-state index >= 15 is 0 Å². The van der Waals surface area contributed by atoms with Gasteiger partial charge in [0.25, 0.3) is 0 Å². The number of benzene rings is 3. The van der Waals surface area contributed by atoms with Crippen LogP contribution in [0.2, 0.25) is 0 Å². The van der Waals surface area contributed by atoms with Crippen LogP contribution in [-0.2, 0) is 9.59 Å². The van der Waals surface area contributed by atoms with E-state index in [0.717, 1.165) is 5.56 Å². The average molecular weight is 537 g/mol. The van der Waals surface area contributed by atoms with Crippen LogP contribution in [0.25, 0.3) is 0 Å². The molecule has 0 saturated carbocycles. The van der Waals surface area contributed by atoms with Gasteiger partial charge in [0.2, 0.25) is 0 Å².